The minimum Gasteiger partial charge on any atom is -0.345 e. The van der Waals surface area contributed by atoms with Crippen LogP contribution in [0.4, 0.5) is 15.2 Å². The number of rotatable bonds is 7. The maximum absolute atomic E-state index is 13.1. The standard InChI is InChI=1S/C15H17FN4OS2/c1-20(8-10-5-6-10)13(21)9-22-15-19-18-14(23-15)17-12-4-2-3-11(16)7-12/h2-4,7,10H,5-6,8-9H2,1H3,(H,17,18). The first-order valence-corrected chi connectivity index (χ1v) is 9.13. The van der Waals surface area contributed by atoms with Crippen molar-refractivity contribution in [3.05, 3.63) is 30.1 Å². The van der Waals surface area contributed by atoms with Crippen molar-refractivity contribution in [3.63, 3.8) is 0 Å². The smallest absolute Gasteiger partial charge is 0.232 e. The molecule has 0 spiro atoms. The average Bonchev–Trinajstić information content (AvgIpc) is 3.22. The number of carbonyl (C=O) groups is 1. The van der Waals surface area contributed by atoms with Crippen molar-refractivity contribution in [3.8, 4) is 0 Å². The molecule has 5 nitrogen and oxygen atoms in total. The second-order valence-corrected chi connectivity index (χ2v) is 7.71. The zero-order chi connectivity index (χ0) is 16.2. The lowest BCUT2D eigenvalue weighted by Gasteiger charge is -2.15. The molecule has 1 aliphatic rings. The van der Waals surface area contributed by atoms with Crippen molar-refractivity contribution in [1.82, 2.24) is 15.1 Å². The van der Waals surface area contributed by atoms with Crippen molar-refractivity contribution in [1.29, 1.82) is 0 Å². The first-order valence-electron chi connectivity index (χ1n) is 7.33. The summed E-state index contributed by atoms with van der Waals surface area (Å²) in [6, 6.07) is 6.16. The van der Waals surface area contributed by atoms with Crippen molar-refractivity contribution in [2.75, 3.05) is 24.7 Å². The number of anilines is 2. The highest BCUT2D eigenvalue weighted by molar-refractivity contribution is 8.01. The highest BCUT2D eigenvalue weighted by Gasteiger charge is 2.24. The van der Waals surface area contributed by atoms with Crippen LogP contribution in [-0.4, -0.2) is 40.3 Å². The predicted molar refractivity (Wildman–Crippen MR) is 90.7 cm³/mol. The highest BCUT2D eigenvalue weighted by Crippen LogP contribution is 2.30. The Kier molecular flexibility index (Phi) is 5.12. The van der Waals surface area contributed by atoms with Crippen LogP contribution in [0.2, 0.25) is 0 Å². The summed E-state index contributed by atoms with van der Waals surface area (Å²) in [5, 5.41) is 11.6. The molecular weight excluding hydrogens is 335 g/mol. The normalized spacial score (nSPS) is 13.8. The van der Waals surface area contributed by atoms with E-state index in [1.165, 1.54) is 48.1 Å². The van der Waals surface area contributed by atoms with Gasteiger partial charge in [-0.3, -0.25) is 4.79 Å². The number of benzene rings is 1. The monoisotopic (exact) mass is 352 g/mol. The Labute approximate surface area is 142 Å². The van der Waals surface area contributed by atoms with Crippen LogP contribution < -0.4 is 5.32 Å². The van der Waals surface area contributed by atoms with Gasteiger partial charge in [0.25, 0.3) is 0 Å². The van der Waals surface area contributed by atoms with Gasteiger partial charge in [-0.1, -0.05) is 29.2 Å². The summed E-state index contributed by atoms with van der Waals surface area (Å²) in [5.41, 5.74) is 0.623. The van der Waals surface area contributed by atoms with Gasteiger partial charge in [-0.2, -0.15) is 0 Å². The highest BCUT2D eigenvalue weighted by atomic mass is 32.2. The van der Waals surface area contributed by atoms with Gasteiger partial charge in [-0.15, -0.1) is 10.2 Å². The molecule has 1 aromatic carbocycles. The number of thioether (sulfide) groups is 1. The third-order valence-corrected chi connectivity index (χ3v) is 5.41. The van der Waals surface area contributed by atoms with Crippen LogP contribution in [-0.2, 0) is 4.79 Å². The number of nitrogens with zero attached hydrogens (tertiary/aromatic N) is 3. The first-order chi connectivity index (χ1) is 11.1. The molecule has 1 aliphatic carbocycles. The van der Waals surface area contributed by atoms with Crippen molar-refractivity contribution in [2.45, 2.75) is 17.2 Å². The van der Waals surface area contributed by atoms with E-state index >= 15 is 0 Å². The number of carbonyl (C=O) groups excluding carboxylic acids is 1. The molecule has 1 saturated carbocycles. The zero-order valence-electron chi connectivity index (χ0n) is 12.7. The second-order valence-electron chi connectivity index (χ2n) is 5.51. The molecule has 1 aromatic heterocycles. The van der Waals surface area contributed by atoms with Crippen LogP contribution in [0.1, 0.15) is 12.8 Å². The lowest BCUT2D eigenvalue weighted by atomic mass is 10.3. The third-order valence-electron chi connectivity index (χ3n) is 3.46. The number of aromatic nitrogens is 2. The molecule has 23 heavy (non-hydrogen) atoms. The van der Waals surface area contributed by atoms with Gasteiger partial charge in [0.15, 0.2) is 4.34 Å². The van der Waals surface area contributed by atoms with Gasteiger partial charge in [-0.25, -0.2) is 4.39 Å². The molecule has 1 fully saturated rings. The fourth-order valence-electron chi connectivity index (χ4n) is 2.03. The summed E-state index contributed by atoms with van der Waals surface area (Å²) in [6.45, 7) is 0.849. The van der Waals surface area contributed by atoms with E-state index in [1.807, 2.05) is 7.05 Å². The lowest BCUT2D eigenvalue weighted by molar-refractivity contribution is -0.127. The average molecular weight is 352 g/mol. The van der Waals surface area contributed by atoms with E-state index < -0.39 is 0 Å². The van der Waals surface area contributed by atoms with Gasteiger partial charge in [-0.05, 0) is 37.0 Å². The van der Waals surface area contributed by atoms with E-state index in [2.05, 4.69) is 15.5 Å². The maximum Gasteiger partial charge on any atom is 0.232 e. The van der Waals surface area contributed by atoms with Crippen LogP contribution in [0.5, 0.6) is 0 Å². The third kappa shape index (κ3) is 4.90. The van der Waals surface area contributed by atoms with Crippen LogP contribution in [0.25, 0.3) is 0 Å². The molecule has 1 heterocycles. The fourth-order valence-corrected chi connectivity index (χ4v) is 3.74. The Balaban J connectivity index is 1.49. The summed E-state index contributed by atoms with van der Waals surface area (Å²) < 4.78 is 13.9. The topological polar surface area (TPSA) is 58.1 Å². The molecule has 0 aliphatic heterocycles. The minimum atomic E-state index is -0.307. The van der Waals surface area contributed by atoms with E-state index in [4.69, 9.17) is 0 Å². The number of nitrogens with one attached hydrogen (secondary N) is 1. The predicted octanol–water partition coefficient (Wildman–Crippen LogP) is 3.38. The second kappa shape index (κ2) is 7.27. The van der Waals surface area contributed by atoms with E-state index in [0.717, 1.165) is 10.9 Å². The fraction of sp³-hybridized carbons (Fsp3) is 0.400. The van der Waals surface area contributed by atoms with Crippen molar-refractivity contribution in [2.24, 2.45) is 5.92 Å². The van der Waals surface area contributed by atoms with Gasteiger partial charge in [0.2, 0.25) is 11.0 Å². The molecule has 122 valence electrons. The molecule has 1 N–H and O–H groups in total. The SMILES string of the molecule is CN(CC1CC1)C(=O)CSc1nnc(Nc2cccc(F)c2)s1. The van der Waals surface area contributed by atoms with E-state index in [-0.39, 0.29) is 11.7 Å². The zero-order valence-corrected chi connectivity index (χ0v) is 14.3. The Morgan fingerprint density at radius 1 is 1.48 bits per heavy atom. The summed E-state index contributed by atoms with van der Waals surface area (Å²) in [5.74, 6) is 0.852. The Bertz CT molecular complexity index is 690. The molecule has 3 rings (SSSR count). The minimum absolute atomic E-state index is 0.108. The molecule has 8 heteroatoms. The number of halogens is 1. The van der Waals surface area contributed by atoms with Crippen molar-refractivity contribution < 1.29 is 9.18 Å². The quantitative estimate of drug-likeness (QED) is 0.774. The molecule has 0 unspecified atom stereocenters. The largest absolute Gasteiger partial charge is 0.345 e. The van der Waals surface area contributed by atoms with E-state index in [0.29, 0.717) is 22.5 Å². The molecular formula is C15H17FN4OS2. The molecule has 2 aromatic rings. The number of amides is 1. The van der Waals surface area contributed by atoms with Gasteiger partial charge in [0.05, 0.1) is 5.75 Å². The number of hydrogen-bond acceptors (Lipinski definition) is 6. The summed E-state index contributed by atoms with van der Waals surface area (Å²) in [4.78, 5) is 13.8. The van der Waals surface area contributed by atoms with E-state index in [9.17, 15) is 9.18 Å². The Morgan fingerprint density at radius 3 is 3.04 bits per heavy atom. The number of hydrogen-bond donors (Lipinski definition) is 1. The van der Waals surface area contributed by atoms with Gasteiger partial charge in [0.1, 0.15) is 5.82 Å². The Morgan fingerprint density at radius 2 is 2.30 bits per heavy atom. The van der Waals surface area contributed by atoms with Gasteiger partial charge in [0, 0.05) is 19.3 Å². The first kappa shape index (κ1) is 16.2. The van der Waals surface area contributed by atoms with Crippen LogP contribution >= 0.6 is 23.1 Å². The van der Waals surface area contributed by atoms with Gasteiger partial charge >= 0.3 is 0 Å². The molecule has 0 saturated heterocycles. The van der Waals surface area contributed by atoms with Crippen LogP contribution in [0.3, 0.4) is 0 Å². The molecule has 0 atom stereocenters. The molecule has 0 bridgehead atoms. The molecule has 1 amide bonds. The van der Waals surface area contributed by atoms with Crippen molar-refractivity contribution >= 4 is 39.8 Å². The maximum atomic E-state index is 13.1. The van der Waals surface area contributed by atoms with E-state index in [1.54, 1.807) is 17.0 Å². The Hall–Kier alpha value is -1.67. The van der Waals surface area contributed by atoms with Crippen LogP contribution in [0, 0.1) is 11.7 Å². The molecule has 0 radical (unpaired) electrons. The summed E-state index contributed by atoms with van der Waals surface area (Å²) in [6.07, 6.45) is 2.46. The lowest BCUT2D eigenvalue weighted by Crippen LogP contribution is -2.30. The van der Waals surface area contributed by atoms with Crippen LogP contribution in [0.15, 0.2) is 28.6 Å². The van der Waals surface area contributed by atoms with Gasteiger partial charge < -0.3 is 10.2 Å². The summed E-state index contributed by atoms with van der Waals surface area (Å²) >= 11 is 2.73. The summed E-state index contributed by atoms with van der Waals surface area (Å²) in [7, 11) is 1.85.